The van der Waals surface area contributed by atoms with Crippen molar-refractivity contribution in [3.8, 4) is 0 Å². The lowest BCUT2D eigenvalue weighted by Gasteiger charge is -2.06. The van der Waals surface area contributed by atoms with Crippen molar-refractivity contribution in [3.63, 3.8) is 0 Å². The Morgan fingerprint density at radius 3 is 2.52 bits per heavy atom. The molecule has 0 saturated carbocycles. The summed E-state index contributed by atoms with van der Waals surface area (Å²) >= 11 is 0. The largest absolute Gasteiger partial charge is 0.349 e. The first-order chi connectivity index (χ1) is 9.90. The molecule has 1 aromatic rings. The van der Waals surface area contributed by atoms with E-state index in [4.69, 9.17) is 0 Å². The fraction of sp³-hybridized carbons (Fsp3) is 0.733. The molecule has 0 aliphatic heterocycles. The molecule has 6 heteroatoms. The van der Waals surface area contributed by atoms with Gasteiger partial charge in [-0.25, -0.2) is 13.1 Å². The minimum absolute atomic E-state index is 0.362. The molecule has 0 aliphatic carbocycles. The van der Waals surface area contributed by atoms with Crippen LogP contribution in [0.5, 0.6) is 0 Å². The summed E-state index contributed by atoms with van der Waals surface area (Å²) in [6.45, 7) is 11.2. The second-order valence-corrected chi connectivity index (χ2v) is 7.48. The molecule has 0 aromatic carbocycles. The van der Waals surface area contributed by atoms with Gasteiger partial charge in [0.2, 0.25) is 10.0 Å². The zero-order valence-electron chi connectivity index (χ0n) is 13.6. The van der Waals surface area contributed by atoms with E-state index in [2.05, 4.69) is 30.8 Å². The Morgan fingerprint density at radius 2 is 1.95 bits per heavy atom. The summed E-state index contributed by atoms with van der Waals surface area (Å²) in [6.07, 6.45) is 3.63. The van der Waals surface area contributed by atoms with Crippen LogP contribution < -0.4 is 10.0 Å². The van der Waals surface area contributed by atoms with Gasteiger partial charge in [-0.1, -0.05) is 20.8 Å². The van der Waals surface area contributed by atoms with Gasteiger partial charge in [0.15, 0.2) is 0 Å². The average Bonchev–Trinajstić information content (AvgIpc) is 2.82. The Labute approximate surface area is 129 Å². The highest BCUT2D eigenvalue weighted by atomic mass is 32.2. The Hall–Kier alpha value is -0.850. The maximum absolute atomic E-state index is 12.3. The van der Waals surface area contributed by atoms with Crippen molar-refractivity contribution in [1.29, 1.82) is 0 Å². The standard InChI is InChI=1S/C15H29N3O2S/c1-5-8-16-11-14-10-15(12-18(14)6-2)21(19,20)17-9-7-13(3)4/h10,12-13,16-17H,5-9,11H2,1-4H3. The molecule has 0 spiro atoms. The smallest absolute Gasteiger partial charge is 0.242 e. The van der Waals surface area contributed by atoms with E-state index >= 15 is 0 Å². The van der Waals surface area contributed by atoms with Crippen LogP contribution in [0.1, 0.15) is 46.2 Å². The molecule has 1 aromatic heterocycles. The molecule has 0 radical (unpaired) electrons. The topological polar surface area (TPSA) is 63.1 Å². The summed E-state index contributed by atoms with van der Waals surface area (Å²) in [5.74, 6) is 0.488. The number of rotatable bonds is 10. The first-order valence-corrected chi connectivity index (χ1v) is 9.28. The fourth-order valence-corrected chi connectivity index (χ4v) is 3.18. The molecular weight excluding hydrogens is 286 g/mol. The molecule has 5 nitrogen and oxygen atoms in total. The van der Waals surface area contributed by atoms with Crippen molar-refractivity contribution in [2.45, 2.75) is 58.5 Å². The number of hydrogen-bond acceptors (Lipinski definition) is 3. The van der Waals surface area contributed by atoms with E-state index in [0.29, 0.717) is 23.9 Å². The van der Waals surface area contributed by atoms with E-state index in [-0.39, 0.29) is 0 Å². The van der Waals surface area contributed by atoms with Gasteiger partial charge in [-0.3, -0.25) is 0 Å². The lowest BCUT2D eigenvalue weighted by molar-refractivity contribution is 0.551. The van der Waals surface area contributed by atoms with E-state index in [1.807, 2.05) is 11.5 Å². The third-order valence-corrected chi connectivity index (χ3v) is 4.79. The summed E-state index contributed by atoms with van der Waals surface area (Å²) in [4.78, 5) is 0.362. The molecule has 0 bridgehead atoms. The molecule has 0 aliphatic rings. The van der Waals surface area contributed by atoms with Crippen LogP contribution in [0.3, 0.4) is 0 Å². The van der Waals surface area contributed by atoms with Crippen LogP contribution in [0.2, 0.25) is 0 Å². The van der Waals surface area contributed by atoms with E-state index in [0.717, 1.165) is 31.6 Å². The van der Waals surface area contributed by atoms with E-state index < -0.39 is 10.0 Å². The van der Waals surface area contributed by atoms with Crippen molar-refractivity contribution in [1.82, 2.24) is 14.6 Å². The molecular formula is C15H29N3O2S. The Kier molecular flexibility index (Phi) is 7.42. The number of sulfonamides is 1. The first-order valence-electron chi connectivity index (χ1n) is 7.80. The SMILES string of the molecule is CCCNCc1cc(S(=O)(=O)NCCC(C)C)cn1CC. The van der Waals surface area contributed by atoms with Gasteiger partial charge in [0.1, 0.15) is 0 Å². The van der Waals surface area contributed by atoms with Crippen LogP contribution in [0, 0.1) is 5.92 Å². The fourth-order valence-electron chi connectivity index (χ4n) is 2.07. The van der Waals surface area contributed by atoms with Crippen molar-refractivity contribution in [2.24, 2.45) is 5.92 Å². The van der Waals surface area contributed by atoms with Crippen molar-refractivity contribution in [2.75, 3.05) is 13.1 Å². The third kappa shape index (κ3) is 5.80. The monoisotopic (exact) mass is 315 g/mol. The maximum atomic E-state index is 12.3. The Bertz CT molecular complexity index is 521. The quantitative estimate of drug-likeness (QED) is 0.651. The number of aryl methyl sites for hydroxylation is 1. The highest BCUT2D eigenvalue weighted by Crippen LogP contribution is 2.15. The summed E-state index contributed by atoms with van der Waals surface area (Å²) in [7, 11) is -3.40. The third-order valence-electron chi connectivity index (χ3n) is 3.36. The lowest BCUT2D eigenvalue weighted by atomic mass is 10.1. The average molecular weight is 315 g/mol. The molecule has 0 amide bonds. The Morgan fingerprint density at radius 1 is 1.24 bits per heavy atom. The minimum Gasteiger partial charge on any atom is -0.349 e. The highest BCUT2D eigenvalue weighted by molar-refractivity contribution is 7.89. The second kappa shape index (κ2) is 8.56. The van der Waals surface area contributed by atoms with E-state index in [1.54, 1.807) is 12.3 Å². The van der Waals surface area contributed by atoms with Crippen LogP contribution in [0.4, 0.5) is 0 Å². The lowest BCUT2D eigenvalue weighted by Crippen LogP contribution is -2.25. The number of nitrogens with zero attached hydrogens (tertiary/aromatic N) is 1. The van der Waals surface area contributed by atoms with E-state index in [9.17, 15) is 8.42 Å². The molecule has 122 valence electrons. The molecule has 0 saturated heterocycles. The van der Waals surface area contributed by atoms with Gasteiger partial charge in [0.25, 0.3) is 0 Å². The number of nitrogens with one attached hydrogen (secondary N) is 2. The molecule has 0 fully saturated rings. The van der Waals surface area contributed by atoms with Gasteiger partial charge in [-0.2, -0.15) is 0 Å². The van der Waals surface area contributed by atoms with Gasteiger partial charge < -0.3 is 9.88 Å². The van der Waals surface area contributed by atoms with Crippen LogP contribution in [-0.4, -0.2) is 26.1 Å². The summed E-state index contributed by atoms with van der Waals surface area (Å²) in [5, 5.41) is 3.31. The molecule has 0 atom stereocenters. The summed E-state index contributed by atoms with van der Waals surface area (Å²) in [5.41, 5.74) is 1.01. The molecule has 1 heterocycles. The van der Waals surface area contributed by atoms with Crippen molar-refractivity contribution < 1.29 is 8.42 Å². The maximum Gasteiger partial charge on any atom is 0.242 e. The van der Waals surface area contributed by atoms with E-state index in [1.165, 1.54) is 0 Å². The zero-order valence-corrected chi connectivity index (χ0v) is 14.5. The summed E-state index contributed by atoms with van der Waals surface area (Å²) < 4.78 is 29.2. The summed E-state index contributed by atoms with van der Waals surface area (Å²) in [6, 6.07) is 1.77. The van der Waals surface area contributed by atoms with Gasteiger partial charge in [0.05, 0.1) is 4.90 Å². The van der Waals surface area contributed by atoms with Crippen LogP contribution >= 0.6 is 0 Å². The molecule has 0 unspecified atom stereocenters. The number of hydrogen-bond donors (Lipinski definition) is 2. The van der Waals surface area contributed by atoms with Gasteiger partial charge in [-0.15, -0.1) is 0 Å². The Balaban J connectivity index is 2.77. The zero-order chi connectivity index (χ0) is 15.9. The van der Waals surface area contributed by atoms with Crippen LogP contribution in [0.25, 0.3) is 0 Å². The van der Waals surface area contributed by atoms with Gasteiger partial charge in [-0.05, 0) is 38.3 Å². The normalized spacial score (nSPS) is 12.2. The predicted molar refractivity (Wildman–Crippen MR) is 86.7 cm³/mol. The first kappa shape index (κ1) is 18.2. The van der Waals surface area contributed by atoms with Gasteiger partial charge >= 0.3 is 0 Å². The predicted octanol–water partition coefficient (Wildman–Crippen LogP) is 2.33. The second-order valence-electron chi connectivity index (χ2n) is 5.71. The molecule has 1 rings (SSSR count). The molecule has 2 N–H and O–H groups in total. The van der Waals surface area contributed by atoms with Crippen LogP contribution in [-0.2, 0) is 23.1 Å². The van der Waals surface area contributed by atoms with Crippen LogP contribution in [0.15, 0.2) is 17.2 Å². The highest BCUT2D eigenvalue weighted by Gasteiger charge is 2.17. The van der Waals surface area contributed by atoms with Gasteiger partial charge in [0, 0.05) is 31.5 Å². The minimum atomic E-state index is -3.40. The van der Waals surface area contributed by atoms with Crippen molar-refractivity contribution in [3.05, 3.63) is 18.0 Å². The van der Waals surface area contributed by atoms with Crippen molar-refractivity contribution >= 4 is 10.0 Å². The number of aromatic nitrogens is 1. The molecule has 21 heavy (non-hydrogen) atoms.